The fraction of sp³-hybridized carbons (Fsp3) is 1.00. The van der Waals surface area contributed by atoms with E-state index >= 15 is 0 Å². The van der Waals surface area contributed by atoms with Gasteiger partial charge in [0.05, 0.1) is 13.2 Å². The Labute approximate surface area is 90.1 Å². The topological polar surface area (TPSA) is 84.3 Å². The van der Waals surface area contributed by atoms with Crippen molar-refractivity contribution in [2.75, 3.05) is 13.2 Å². The van der Waals surface area contributed by atoms with Gasteiger partial charge in [-0.2, -0.15) is 0 Å². The normalized spacial score (nSPS) is 13.7. The van der Waals surface area contributed by atoms with E-state index in [-0.39, 0.29) is 19.1 Å². The monoisotopic (exact) mass is 235 g/mol. The van der Waals surface area contributed by atoms with Crippen LogP contribution in [0.15, 0.2) is 5.11 Å². The molecule has 0 fully saturated rings. The second-order valence-electron chi connectivity index (χ2n) is 3.24. The van der Waals surface area contributed by atoms with Gasteiger partial charge in [-0.15, -0.1) is 0 Å². The molecule has 7 heteroatoms. The van der Waals surface area contributed by atoms with Crippen LogP contribution >= 0.6 is 7.60 Å². The minimum absolute atomic E-state index is 0.0927. The van der Waals surface area contributed by atoms with E-state index in [4.69, 9.17) is 14.6 Å². The Morgan fingerprint density at radius 3 is 2.07 bits per heavy atom. The number of rotatable bonds is 7. The number of nitrogens with zero attached hydrogens (tertiary/aromatic N) is 3. The van der Waals surface area contributed by atoms with Crippen molar-refractivity contribution in [2.24, 2.45) is 11.0 Å². The summed E-state index contributed by atoms with van der Waals surface area (Å²) in [4.78, 5) is 2.68. The van der Waals surface area contributed by atoms with Gasteiger partial charge in [0.25, 0.3) is 0 Å². The minimum Gasteiger partial charge on any atom is -0.309 e. The molecule has 0 aliphatic rings. The maximum Gasteiger partial charge on any atom is 0.339 e. The molecule has 1 unspecified atom stereocenters. The molecule has 0 saturated carbocycles. The summed E-state index contributed by atoms with van der Waals surface area (Å²) in [5, 5.41) is 3.50. The predicted molar refractivity (Wildman–Crippen MR) is 58.6 cm³/mol. The molecule has 0 rings (SSSR count). The molecule has 0 aromatic carbocycles. The van der Waals surface area contributed by atoms with Crippen molar-refractivity contribution < 1.29 is 13.6 Å². The molecule has 0 radical (unpaired) electrons. The molecule has 1 atom stereocenters. The smallest absolute Gasteiger partial charge is 0.309 e. The molecule has 15 heavy (non-hydrogen) atoms. The molecule has 6 nitrogen and oxygen atoms in total. The first-order valence-electron chi connectivity index (χ1n) is 4.94. The van der Waals surface area contributed by atoms with Gasteiger partial charge in [-0.25, -0.2) is 0 Å². The van der Waals surface area contributed by atoms with E-state index in [0.29, 0.717) is 0 Å². The van der Waals surface area contributed by atoms with Crippen LogP contribution in [0.5, 0.6) is 0 Å². The molecular weight excluding hydrogens is 217 g/mol. The highest BCUT2D eigenvalue weighted by molar-refractivity contribution is 7.54. The van der Waals surface area contributed by atoms with Crippen LogP contribution in [0, 0.1) is 5.92 Å². The average Bonchev–Trinajstić information content (AvgIpc) is 2.14. The van der Waals surface area contributed by atoms with Gasteiger partial charge < -0.3 is 9.05 Å². The molecular formula is C8H18N3O3P. The Balaban J connectivity index is 4.98. The average molecular weight is 235 g/mol. The predicted octanol–water partition coefficient (Wildman–Crippen LogP) is 3.54. The van der Waals surface area contributed by atoms with E-state index in [2.05, 4.69) is 10.0 Å². The third-order valence-corrected chi connectivity index (χ3v) is 4.29. The first-order valence-corrected chi connectivity index (χ1v) is 6.56. The van der Waals surface area contributed by atoms with E-state index in [9.17, 15) is 4.57 Å². The lowest BCUT2D eigenvalue weighted by Crippen LogP contribution is -2.16. The van der Waals surface area contributed by atoms with Gasteiger partial charge in [0.1, 0.15) is 5.78 Å². The zero-order chi connectivity index (χ0) is 11.9. The summed E-state index contributed by atoms with van der Waals surface area (Å²) in [5.41, 5.74) is 8.41. The van der Waals surface area contributed by atoms with Crippen LogP contribution in [0.4, 0.5) is 0 Å². The molecule has 0 N–H and O–H groups in total. The number of hydrogen-bond acceptors (Lipinski definition) is 4. The number of hydrogen-bond donors (Lipinski definition) is 0. The molecule has 0 amide bonds. The fourth-order valence-electron chi connectivity index (χ4n) is 1.16. The standard InChI is InChI=1S/C8H18N3O3P/c1-5-13-15(12,14-6-2)8(7(3)4)10-11-9/h7-8H,5-6H2,1-4H3. The highest BCUT2D eigenvalue weighted by Gasteiger charge is 2.36. The summed E-state index contributed by atoms with van der Waals surface area (Å²) in [5.74, 6) is -0.854. The highest BCUT2D eigenvalue weighted by Crippen LogP contribution is 2.56. The van der Waals surface area contributed by atoms with Gasteiger partial charge in [0.15, 0.2) is 0 Å². The summed E-state index contributed by atoms with van der Waals surface area (Å²) in [6.45, 7) is 7.59. The maximum atomic E-state index is 12.2. The zero-order valence-corrected chi connectivity index (χ0v) is 10.5. The molecule has 0 aromatic rings. The van der Waals surface area contributed by atoms with E-state index in [1.165, 1.54) is 0 Å². The molecule has 0 saturated heterocycles. The lowest BCUT2D eigenvalue weighted by molar-refractivity contribution is 0.206. The minimum atomic E-state index is -3.32. The Hall–Kier alpha value is -0.540. The quantitative estimate of drug-likeness (QED) is 0.292. The second-order valence-corrected chi connectivity index (χ2v) is 5.36. The highest BCUT2D eigenvalue weighted by atomic mass is 31.2. The van der Waals surface area contributed by atoms with Crippen LogP contribution in [0.25, 0.3) is 10.4 Å². The van der Waals surface area contributed by atoms with Gasteiger partial charge in [-0.1, -0.05) is 19.0 Å². The second kappa shape index (κ2) is 6.85. The SMILES string of the molecule is CCOP(=O)(OCC)C(N=[N+]=[N-])C(C)C. The van der Waals surface area contributed by atoms with Crippen LogP contribution in [0.2, 0.25) is 0 Å². The molecule has 0 heterocycles. The fourth-order valence-corrected chi connectivity index (χ4v) is 3.17. The first-order chi connectivity index (χ1) is 7.01. The van der Waals surface area contributed by atoms with Crippen LogP contribution in [0.1, 0.15) is 27.7 Å². The molecule has 0 aliphatic carbocycles. The van der Waals surface area contributed by atoms with E-state index in [0.717, 1.165) is 0 Å². The Kier molecular flexibility index (Phi) is 6.61. The first kappa shape index (κ1) is 14.5. The summed E-state index contributed by atoms with van der Waals surface area (Å²) in [7, 11) is -3.32. The summed E-state index contributed by atoms with van der Waals surface area (Å²) < 4.78 is 22.5. The summed E-state index contributed by atoms with van der Waals surface area (Å²) in [6.07, 6.45) is 0. The van der Waals surface area contributed by atoms with Crippen molar-refractivity contribution >= 4 is 7.60 Å². The van der Waals surface area contributed by atoms with Crippen LogP contribution < -0.4 is 0 Å². The van der Waals surface area contributed by atoms with Crippen LogP contribution in [-0.2, 0) is 13.6 Å². The lowest BCUT2D eigenvalue weighted by atomic mass is 10.2. The van der Waals surface area contributed by atoms with E-state index < -0.39 is 13.4 Å². The molecule has 0 aromatic heterocycles. The van der Waals surface area contributed by atoms with Gasteiger partial charge in [-0.3, -0.25) is 4.57 Å². The summed E-state index contributed by atoms with van der Waals surface area (Å²) in [6, 6.07) is 0. The Bertz CT molecular complexity index is 266. The lowest BCUT2D eigenvalue weighted by Gasteiger charge is -2.25. The van der Waals surface area contributed by atoms with E-state index in [1.807, 2.05) is 13.8 Å². The maximum absolute atomic E-state index is 12.2. The van der Waals surface area contributed by atoms with Crippen LogP contribution in [0.3, 0.4) is 0 Å². The van der Waals surface area contributed by atoms with Crippen molar-refractivity contribution in [2.45, 2.75) is 33.5 Å². The van der Waals surface area contributed by atoms with Gasteiger partial charge in [0.2, 0.25) is 0 Å². The van der Waals surface area contributed by atoms with Crippen molar-refractivity contribution in [1.82, 2.24) is 0 Å². The van der Waals surface area contributed by atoms with Gasteiger partial charge >= 0.3 is 7.60 Å². The Morgan fingerprint density at radius 2 is 1.80 bits per heavy atom. The molecule has 0 bridgehead atoms. The number of azide groups is 1. The van der Waals surface area contributed by atoms with Gasteiger partial charge in [-0.05, 0) is 25.3 Å². The van der Waals surface area contributed by atoms with Crippen molar-refractivity contribution in [3.05, 3.63) is 10.4 Å². The van der Waals surface area contributed by atoms with Crippen molar-refractivity contribution in [3.63, 3.8) is 0 Å². The largest absolute Gasteiger partial charge is 0.339 e. The molecule has 88 valence electrons. The van der Waals surface area contributed by atoms with Crippen LogP contribution in [-0.4, -0.2) is 19.0 Å². The van der Waals surface area contributed by atoms with Crippen molar-refractivity contribution in [1.29, 1.82) is 0 Å². The van der Waals surface area contributed by atoms with Gasteiger partial charge in [0, 0.05) is 4.91 Å². The third kappa shape index (κ3) is 4.22. The Morgan fingerprint density at radius 1 is 1.33 bits per heavy atom. The molecule has 0 aliphatic heterocycles. The third-order valence-electron chi connectivity index (χ3n) is 1.71. The van der Waals surface area contributed by atoms with Crippen molar-refractivity contribution in [3.8, 4) is 0 Å². The summed E-state index contributed by atoms with van der Waals surface area (Å²) >= 11 is 0. The zero-order valence-electron chi connectivity index (χ0n) is 9.58. The van der Waals surface area contributed by atoms with E-state index in [1.54, 1.807) is 13.8 Å². The molecule has 0 spiro atoms.